The zero-order valence-corrected chi connectivity index (χ0v) is 19.1. The van der Waals surface area contributed by atoms with E-state index in [1.165, 1.54) is 17.5 Å². The van der Waals surface area contributed by atoms with Crippen molar-refractivity contribution >= 4 is 21.9 Å². The minimum Gasteiger partial charge on any atom is -0.345 e. The Hall–Kier alpha value is -3.74. The molecule has 0 atom stereocenters. The van der Waals surface area contributed by atoms with Crippen LogP contribution in [0.25, 0.3) is 38.8 Å². The highest BCUT2D eigenvalue weighted by molar-refractivity contribution is 5.92. The smallest absolute Gasteiger partial charge is 0.281 e. The van der Waals surface area contributed by atoms with Gasteiger partial charge >= 0.3 is 0 Å². The summed E-state index contributed by atoms with van der Waals surface area (Å²) in [5.41, 5.74) is 5.67. The van der Waals surface area contributed by atoms with Crippen LogP contribution in [0.4, 0.5) is 0 Å². The number of pyridine rings is 1. The Kier molecular flexibility index (Phi) is 4.47. The van der Waals surface area contributed by atoms with Crippen LogP contribution < -0.4 is 5.56 Å². The lowest BCUT2D eigenvalue weighted by molar-refractivity contribution is 0.646. The van der Waals surface area contributed by atoms with Crippen LogP contribution in [0.2, 0.25) is 0 Å². The van der Waals surface area contributed by atoms with Gasteiger partial charge in [-0.1, -0.05) is 19.9 Å². The van der Waals surface area contributed by atoms with Gasteiger partial charge in [0.05, 0.1) is 22.3 Å². The summed E-state index contributed by atoms with van der Waals surface area (Å²) in [5, 5.41) is 10.2. The Bertz CT molecular complexity index is 1550. The predicted octanol–water partition coefficient (Wildman–Crippen LogP) is 4.67. The number of hydrogen-bond acceptors (Lipinski definition) is 4. The van der Waals surface area contributed by atoms with Crippen LogP contribution in [-0.4, -0.2) is 29.1 Å². The fourth-order valence-electron chi connectivity index (χ4n) is 4.50. The largest absolute Gasteiger partial charge is 0.345 e. The van der Waals surface area contributed by atoms with Crippen LogP contribution in [-0.2, 0) is 13.6 Å². The topological polar surface area (TPSA) is 70.5 Å². The average molecular weight is 439 g/mol. The molecule has 0 radical (unpaired) electrons. The van der Waals surface area contributed by atoms with Crippen molar-refractivity contribution in [2.45, 2.75) is 39.2 Å². The number of hydrogen-bond donors (Lipinski definition) is 0. The molecule has 0 bridgehead atoms. The van der Waals surface area contributed by atoms with Gasteiger partial charge in [0, 0.05) is 48.8 Å². The summed E-state index contributed by atoms with van der Waals surface area (Å²) in [7, 11) is 1.89. The number of rotatable bonds is 5. The monoisotopic (exact) mass is 438 g/mol. The van der Waals surface area contributed by atoms with E-state index in [9.17, 15) is 4.79 Å². The third kappa shape index (κ3) is 3.44. The predicted molar refractivity (Wildman–Crippen MR) is 130 cm³/mol. The van der Waals surface area contributed by atoms with E-state index in [1.807, 2.05) is 55.8 Å². The first-order valence-corrected chi connectivity index (χ1v) is 11.5. The van der Waals surface area contributed by atoms with Crippen molar-refractivity contribution in [1.82, 2.24) is 29.1 Å². The normalized spacial score (nSPS) is 14.1. The molecule has 0 unspecified atom stereocenters. The summed E-state index contributed by atoms with van der Waals surface area (Å²) in [6.45, 7) is 5.16. The first kappa shape index (κ1) is 19.9. The molecule has 33 heavy (non-hydrogen) atoms. The average Bonchev–Trinajstić information content (AvgIpc) is 3.41. The van der Waals surface area contributed by atoms with Crippen LogP contribution in [0, 0.1) is 5.92 Å². The van der Waals surface area contributed by atoms with Crippen molar-refractivity contribution in [3.05, 3.63) is 71.0 Å². The van der Waals surface area contributed by atoms with Gasteiger partial charge in [-0.05, 0) is 55.0 Å². The molecule has 1 aliphatic rings. The molecule has 1 fully saturated rings. The molecule has 4 heterocycles. The number of aromatic nitrogens is 6. The second kappa shape index (κ2) is 7.40. The molecule has 4 aromatic heterocycles. The summed E-state index contributed by atoms with van der Waals surface area (Å²) >= 11 is 0. The molecule has 0 aliphatic heterocycles. The van der Waals surface area contributed by atoms with Gasteiger partial charge in [-0.2, -0.15) is 14.9 Å². The maximum absolute atomic E-state index is 13.9. The maximum Gasteiger partial charge on any atom is 0.281 e. The van der Waals surface area contributed by atoms with Crippen molar-refractivity contribution in [3.63, 3.8) is 0 Å². The molecule has 0 saturated heterocycles. The first-order valence-electron chi connectivity index (χ1n) is 11.5. The zero-order chi connectivity index (χ0) is 22.7. The number of fused-ring (bicyclic) bond motifs is 2. The Balaban J connectivity index is 1.59. The van der Waals surface area contributed by atoms with Gasteiger partial charge in [0.25, 0.3) is 5.56 Å². The number of benzene rings is 1. The number of nitrogens with zero attached hydrogens (tertiary/aromatic N) is 6. The van der Waals surface area contributed by atoms with Crippen LogP contribution in [0.5, 0.6) is 0 Å². The third-order valence-electron chi connectivity index (χ3n) is 6.46. The van der Waals surface area contributed by atoms with Gasteiger partial charge in [-0.25, -0.2) is 0 Å². The van der Waals surface area contributed by atoms with E-state index < -0.39 is 0 Å². The molecule has 0 spiro atoms. The highest BCUT2D eigenvalue weighted by atomic mass is 16.1. The Morgan fingerprint density at radius 3 is 2.64 bits per heavy atom. The van der Waals surface area contributed by atoms with Gasteiger partial charge in [0.15, 0.2) is 0 Å². The van der Waals surface area contributed by atoms with Crippen LogP contribution >= 0.6 is 0 Å². The van der Waals surface area contributed by atoms with Gasteiger partial charge in [-0.15, -0.1) is 0 Å². The van der Waals surface area contributed by atoms with Crippen molar-refractivity contribution in [2.75, 3.05) is 0 Å². The molecule has 5 aromatic rings. The maximum atomic E-state index is 13.9. The van der Waals surface area contributed by atoms with Crippen LogP contribution in [0.3, 0.4) is 0 Å². The molecule has 6 rings (SSSR count). The first-order chi connectivity index (χ1) is 16.0. The van der Waals surface area contributed by atoms with E-state index in [1.54, 1.807) is 4.68 Å². The Morgan fingerprint density at radius 2 is 1.91 bits per heavy atom. The van der Waals surface area contributed by atoms with Gasteiger partial charge in [0.2, 0.25) is 0 Å². The van der Waals surface area contributed by atoms with Crippen LogP contribution in [0.1, 0.15) is 38.3 Å². The molecule has 0 amide bonds. The second-order valence-corrected chi connectivity index (χ2v) is 9.41. The standard InChI is InChI=1S/C26H26N6O/c1-16(2)21-8-6-18(13-27-21)24-25-23(10-11-31(25)14-17-4-5-17)29-32(26(24)33)20-7-9-22-19(12-20)15-30(3)28-22/h6-13,15-17H,4-5,14H2,1-3H3. The van der Waals surface area contributed by atoms with E-state index in [-0.39, 0.29) is 5.56 Å². The van der Waals surface area contributed by atoms with Gasteiger partial charge in [0.1, 0.15) is 5.52 Å². The molecule has 0 N–H and O–H groups in total. The highest BCUT2D eigenvalue weighted by Gasteiger charge is 2.25. The molecule has 7 heteroatoms. The summed E-state index contributed by atoms with van der Waals surface area (Å²) in [6.07, 6.45) is 8.33. The fourth-order valence-corrected chi connectivity index (χ4v) is 4.50. The highest BCUT2D eigenvalue weighted by Crippen LogP contribution is 2.34. The zero-order valence-electron chi connectivity index (χ0n) is 19.1. The minimum atomic E-state index is -0.138. The summed E-state index contributed by atoms with van der Waals surface area (Å²) in [4.78, 5) is 18.6. The Labute approximate surface area is 191 Å². The van der Waals surface area contributed by atoms with E-state index in [0.29, 0.717) is 17.4 Å². The van der Waals surface area contributed by atoms with Crippen molar-refractivity contribution in [3.8, 4) is 16.8 Å². The van der Waals surface area contributed by atoms with Crippen LogP contribution in [0.15, 0.2) is 59.8 Å². The molecular formula is C26H26N6O. The molecule has 1 aliphatic carbocycles. The van der Waals surface area contributed by atoms with Crippen molar-refractivity contribution < 1.29 is 0 Å². The lowest BCUT2D eigenvalue weighted by atomic mass is 10.0. The quantitative estimate of drug-likeness (QED) is 0.400. The van der Waals surface area contributed by atoms with Gasteiger partial charge in [-0.3, -0.25) is 14.5 Å². The molecule has 7 nitrogen and oxygen atoms in total. The van der Waals surface area contributed by atoms with Crippen molar-refractivity contribution in [1.29, 1.82) is 0 Å². The summed E-state index contributed by atoms with van der Waals surface area (Å²) < 4.78 is 5.49. The number of aryl methyl sites for hydroxylation is 1. The molecule has 1 aromatic carbocycles. The summed E-state index contributed by atoms with van der Waals surface area (Å²) in [6, 6.07) is 11.8. The minimum absolute atomic E-state index is 0.138. The third-order valence-corrected chi connectivity index (χ3v) is 6.46. The lowest BCUT2D eigenvalue weighted by Crippen LogP contribution is -2.24. The van der Waals surface area contributed by atoms with E-state index in [2.05, 4.69) is 34.7 Å². The SMILES string of the molecule is CC(C)c1ccc(-c2c(=O)n(-c3ccc4nn(C)cc4c3)nc3ccn(CC4CC4)c23)cn1. The van der Waals surface area contributed by atoms with Gasteiger partial charge < -0.3 is 4.57 Å². The molecule has 166 valence electrons. The lowest BCUT2D eigenvalue weighted by Gasteiger charge is -2.13. The summed E-state index contributed by atoms with van der Waals surface area (Å²) in [5.74, 6) is 1.02. The fraction of sp³-hybridized carbons (Fsp3) is 0.308. The van der Waals surface area contributed by atoms with E-state index in [0.717, 1.165) is 45.4 Å². The second-order valence-electron chi connectivity index (χ2n) is 9.41. The molecular weight excluding hydrogens is 412 g/mol. The van der Waals surface area contributed by atoms with E-state index >= 15 is 0 Å². The van der Waals surface area contributed by atoms with Crippen molar-refractivity contribution in [2.24, 2.45) is 13.0 Å². The van der Waals surface area contributed by atoms with E-state index in [4.69, 9.17) is 5.10 Å². The Morgan fingerprint density at radius 1 is 1.06 bits per heavy atom. The molecule has 1 saturated carbocycles.